The molecular formula is C35H44ClN7O. The minimum absolute atomic E-state index is 0.0599. The van der Waals surface area contributed by atoms with Crippen LogP contribution in [0.25, 0.3) is 5.65 Å². The number of pyridine rings is 1. The quantitative estimate of drug-likeness (QED) is 0.225. The summed E-state index contributed by atoms with van der Waals surface area (Å²) in [6.07, 6.45) is 7.94. The average Bonchev–Trinajstić information content (AvgIpc) is 3.49. The molecule has 0 atom stereocenters. The van der Waals surface area contributed by atoms with Gasteiger partial charge in [0, 0.05) is 54.1 Å². The van der Waals surface area contributed by atoms with Gasteiger partial charge in [-0.3, -0.25) is 4.79 Å². The van der Waals surface area contributed by atoms with Crippen molar-refractivity contribution in [1.82, 2.24) is 24.4 Å². The normalized spacial score (nSPS) is 17.1. The number of amides is 1. The number of rotatable bonds is 7. The highest BCUT2D eigenvalue weighted by Crippen LogP contribution is 2.39. The zero-order valence-electron chi connectivity index (χ0n) is 26.3. The molecule has 0 unspecified atom stereocenters. The Kier molecular flexibility index (Phi) is 9.91. The van der Waals surface area contributed by atoms with E-state index >= 15 is 0 Å². The summed E-state index contributed by atoms with van der Waals surface area (Å²) in [5, 5.41) is 8.74. The van der Waals surface area contributed by atoms with Gasteiger partial charge in [0.1, 0.15) is 0 Å². The fraction of sp³-hybridized carbons (Fsp3) is 0.400. The van der Waals surface area contributed by atoms with Crippen molar-refractivity contribution in [2.75, 3.05) is 50.5 Å². The zero-order chi connectivity index (χ0) is 31.3. The van der Waals surface area contributed by atoms with Gasteiger partial charge in [-0.1, -0.05) is 43.7 Å². The molecule has 2 fully saturated rings. The number of fused-ring (bicyclic) bond motifs is 1. The first kappa shape index (κ1) is 31.5. The standard InChI is InChI=1S/C33H38ClN7O.C2H6/c1-4-33(25-9-11-26(34)12-10-25)17-22-40(23-18-33)29-6-5-19-41-30(29)36-32(37-41)35-27-13-7-24(8-14-27)31(42)39(3)28-15-20-38(2)21-16-28;1-2/h4-14,19,28H,1,15-18,20-23H2,2-3H3,(H,35,37);1-2H3. The van der Waals surface area contributed by atoms with Crippen LogP contribution in [0.3, 0.4) is 0 Å². The van der Waals surface area contributed by atoms with E-state index in [4.69, 9.17) is 16.6 Å². The number of anilines is 3. The molecule has 4 heterocycles. The van der Waals surface area contributed by atoms with Crippen LogP contribution in [-0.2, 0) is 5.41 Å². The minimum atomic E-state index is -0.0674. The number of hydrogen-bond acceptors (Lipinski definition) is 6. The van der Waals surface area contributed by atoms with E-state index in [1.54, 1.807) is 0 Å². The number of benzene rings is 2. The largest absolute Gasteiger partial charge is 0.368 e. The molecule has 2 aromatic carbocycles. The second kappa shape index (κ2) is 13.8. The number of nitrogens with one attached hydrogen (secondary N) is 1. The van der Waals surface area contributed by atoms with Crippen LogP contribution in [0.4, 0.5) is 17.3 Å². The number of likely N-dealkylation sites (tertiary alicyclic amines) is 1. The van der Waals surface area contributed by atoms with Crippen LogP contribution in [-0.4, -0.2) is 76.6 Å². The lowest BCUT2D eigenvalue weighted by atomic mass is 9.73. The lowest BCUT2D eigenvalue weighted by Gasteiger charge is -2.41. The number of nitrogens with zero attached hydrogens (tertiary/aromatic N) is 6. The molecular weight excluding hydrogens is 570 g/mol. The fourth-order valence-corrected chi connectivity index (χ4v) is 6.43. The second-order valence-corrected chi connectivity index (χ2v) is 12.0. The predicted octanol–water partition coefficient (Wildman–Crippen LogP) is 7.04. The minimum Gasteiger partial charge on any atom is -0.368 e. The Bertz CT molecular complexity index is 1550. The molecule has 0 bridgehead atoms. The van der Waals surface area contributed by atoms with E-state index in [0.29, 0.717) is 11.5 Å². The molecule has 2 aliphatic rings. The summed E-state index contributed by atoms with van der Waals surface area (Å²) in [7, 11) is 4.05. The van der Waals surface area contributed by atoms with Crippen molar-refractivity contribution < 1.29 is 4.79 Å². The monoisotopic (exact) mass is 613 g/mol. The average molecular weight is 614 g/mol. The first-order valence-electron chi connectivity index (χ1n) is 15.7. The summed E-state index contributed by atoms with van der Waals surface area (Å²) >= 11 is 6.14. The smallest absolute Gasteiger partial charge is 0.253 e. The Morgan fingerprint density at radius 3 is 2.32 bits per heavy atom. The molecule has 44 heavy (non-hydrogen) atoms. The van der Waals surface area contributed by atoms with E-state index in [0.717, 1.165) is 73.9 Å². The van der Waals surface area contributed by atoms with Crippen molar-refractivity contribution in [3.8, 4) is 0 Å². The maximum atomic E-state index is 13.1. The molecule has 0 radical (unpaired) electrons. The van der Waals surface area contributed by atoms with Crippen LogP contribution < -0.4 is 10.2 Å². The summed E-state index contributed by atoms with van der Waals surface area (Å²) in [5.41, 5.74) is 4.58. The number of piperidine rings is 2. The van der Waals surface area contributed by atoms with Gasteiger partial charge in [-0.25, -0.2) is 4.52 Å². The predicted molar refractivity (Wildman–Crippen MR) is 181 cm³/mol. The Balaban J connectivity index is 0.00000188. The van der Waals surface area contributed by atoms with Gasteiger partial charge >= 0.3 is 0 Å². The van der Waals surface area contributed by atoms with Crippen molar-refractivity contribution in [2.45, 2.75) is 51.0 Å². The Labute approximate surface area is 266 Å². The summed E-state index contributed by atoms with van der Waals surface area (Å²) < 4.78 is 1.82. The number of carbonyl (C=O) groups is 1. The molecule has 1 N–H and O–H groups in total. The highest BCUT2D eigenvalue weighted by Gasteiger charge is 2.34. The molecule has 2 aliphatic heterocycles. The maximum absolute atomic E-state index is 13.1. The van der Waals surface area contributed by atoms with Crippen LogP contribution in [0, 0.1) is 0 Å². The molecule has 6 rings (SSSR count). The van der Waals surface area contributed by atoms with Crippen LogP contribution in [0.15, 0.2) is 79.5 Å². The van der Waals surface area contributed by atoms with E-state index in [-0.39, 0.29) is 17.4 Å². The van der Waals surface area contributed by atoms with Crippen molar-refractivity contribution in [3.05, 3.63) is 95.7 Å². The first-order valence-corrected chi connectivity index (χ1v) is 16.1. The van der Waals surface area contributed by atoms with Gasteiger partial charge in [0.05, 0.1) is 5.69 Å². The Morgan fingerprint density at radius 1 is 1.02 bits per heavy atom. The highest BCUT2D eigenvalue weighted by atomic mass is 35.5. The van der Waals surface area contributed by atoms with E-state index in [2.05, 4.69) is 58.1 Å². The molecule has 9 heteroatoms. The molecule has 8 nitrogen and oxygen atoms in total. The van der Waals surface area contributed by atoms with Gasteiger partial charge in [-0.05, 0) is 99.9 Å². The number of halogens is 1. The third-order valence-corrected chi connectivity index (χ3v) is 9.34. The van der Waals surface area contributed by atoms with E-state index in [1.165, 1.54) is 5.56 Å². The summed E-state index contributed by atoms with van der Waals surface area (Å²) in [4.78, 5) is 24.5. The first-order chi connectivity index (χ1) is 21.3. The summed E-state index contributed by atoms with van der Waals surface area (Å²) in [6.45, 7) is 12.0. The van der Waals surface area contributed by atoms with E-state index in [1.807, 2.05) is 79.0 Å². The summed E-state index contributed by atoms with van der Waals surface area (Å²) in [6, 6.07) is 20.1. The van der Waals surface area contributed by atoms with Crippen LogP contribution >= 0.6 is 11.6 Å². The van der Waals surface area contributed by atoms with E-state index in [9.17, 15) is 4.79 Å². The molecule has 2 aromatic heterocycles. The van der Waals surface area contributed by atoms with Gasteiger partial charge in [0.25, 0.3) is 5.91 Å². The summed E-state index contributed by atoms with van der Waals surface area (Å²) in [5.74, 6) is 0.577. The van der Waals surface area contributed by atoms with Crippen LogP contribution in [0.2, 0.25) is 5.02 Å². The topological polar surface area (TPSA) is 69.0 Å². The van der Waals surface area contributed by atoms with E-state index < -0.39 is 0 Å². The Hall–Kier alpha value is -3.88. The van der Waals surface area contributed by atoms with Gasteiger partial charge < -0.3 is 20.0 Å². The molecule has 0 spiro atoms. The molecule has 2 saturated heterocycles. The van der Waals surface area contributed by atoms with Gasteiger partial charge in [-0.2, -0.15) is 4.98 Å². The SMILES string of the molecule is C=CC1(c2ccc(Cl)cc2)CCN(c2cccn3nc(Nc4ccc(C(=O)N(C)C5CCN(C)CC5)cc4)nc23)CC1.CC. The number of carbonyl (C=O) groups excluding carboxylic acids is 1. The van der Waals surface area contributed by atoms with Gasteiger partial charge in [-0.15, -0.1) is 11.7 Å². The van der Waals surface area contributed by atoms with Crippen molar-refractivity contribution in [3.63, 3.8) is 0 Å². The zero-order valence-corrected chi connectivity index (χ0v) is 27.1. The van der Waals surface area contributed by atoms with Crippen LogP contribution in [0.1, 0.15) is 55.5 Å². The maximum Gasteiger partial charge on any atom is 0.253 e. The van der Waals surface area contributed by atoms with Gasteiger partial charge in [0.2, 0.25) is 5.95 Å². The molecule has 232 valence electrons. The van der Waals surface area contributed by atoms with Crippen molar-refractivity contribution in [1.29, 1.82) is 0 Å². The lowest BCUT2D eigenvalue weighted by Crippen LogP contribution is -2.44. The van der Waals surface area contributed by atoms with Crippen molar-refractivity contribution >= 4 is 40.5 Å². The third-order valence-electron chi connectivity index (χ3n) is 9.09. The fourth-order valence-electron chi connectivity index (χ4n) is 6.31. The molecule has 4 aromatic rings. The van der Waals surface area contributed by atoms with Crippen molar-refractivity contribution in [2.24, 2.45) is 0 Å². The number of hydrogen-bond donors (Lipinski definition) is 1. The van der Waals surface area contributed by atoms with Crippen LogP contribution in [0.5, 0.6) is 0 Å². The lowest BCUT2D eigenvalue weighted by molar-refractivity contribution is 0.0659. The molecule has 0 saturated carbocycles. The molecule has 1 amide bonds. The Morgan fingerprint density at radius 2 is 1.68 bits per heavy atom. The number of allylic oxidation sites excluding steroid dienone is 1. The highest BCUT2D eigenvalue weighted by molar-refractivity contribution is 6.30. The third kappa shape index (κ3) is 6.61. The second-order valence-electron chi connectivity index (χ2n) is 11.6. The van der Waals surface area contributed by atoms with Gasteiger partial charge in [0.15, 0.2) is 5.65 Å². The molecule has 0 aliphatic carbocycles. The number of aromatic nitrogens is 3.